The molecule has 9 nitrogen and oxygen atoms in total. The number of hydrogen-bond acceptors (Lipinski definition) is 6. The molecule has 1 aromatic carbocycles. The van der Waals surface area contributed by atoms with E-state index in [2.05, 4.69) is 15.5 Å². The number of nitro benzene ring substituents is 1. The maximum Gasteiger partial charge on any atom is 0.294 e. The van der Waals surface area contributed by atoms with Crippen LogP contribution < -0.4 is 10.6 Å². The van der Waals surface area contributed by atoms with Gasteiger partial charge in [-0.25, -0.2) is 0 Å². The fraction of sp³-hybridized carbons (Fsp3) is 0.579. The van der Waals surface area contributed by atoms with E-state index in [-0.39, 0.29) is 40.3 Å². The van der Waals surface area contributed by atoms with E-state index >= 15 is 0 Å². The molecule has 160 valence electrons. The number of halogens is 1. The number of rotatable bonds is 6. The van der Waals surface area contributed by atoms with Crippen LogP contribution in [-0.2, 0) is 9.59 Å². The predicted molar refractivity (Wildman–Crippen MR) is 112 cm³/mol. The first-order chi connectivity index (χ1) is 13.5. The summed E-state index contributed by atoms with van der Waals surface area (Å²) in [5.74, 6) is -0.340. The lowest BCUT2D eigenvalue weighted by atomic mass is 10.1. The molecule has 2 amide bonds. The Morgan fingerprint density at radius 1 is 1.10 bits per heavy atom. The molecule has 1 aliphatic heterocycles. The van der Waals surface area contributed by atoms with Crippen LogP contribution in [0.25, 0.3) is 0 Å². The predicted octanol–water partition coefficient (Wildman–Crippen LogP) is 2.11. The van der Waals surface area contributed by atoms with Crippen molar-refractivity contribution in [3.63, 3.8) is 0 Å². The van der Waals surface area contributed by atoms with Crippen molar-refractivity contribution >= 4 is 34.8 Å². The highest BCUT2D eigenvalue weighted by atomic mass is 35.5. The molecule has 0 aliphatic carbocycles. The maximum absolute atomic E-state index is 12.4. The van der Waals surface area contributed by atoms with Crippen LogP contribution >= 0.6 is 11.6 Å². The second kappa shape index (κ2) is 10.00. The van der Waals surface area contributed by atoms with Crippen LogP contribution in [0.15, 0.2) is 18.2 Å². The molecular weight excluding hydrogens is 398 g/mol. The van der Waals surface area contributed by atoms with Gasteiger partial charge < -0.3 is 10.6 Å². The van der Waals surface area contributed by atoms with E-state index in [1.165, 1.54) is 18.2 Å². The second-order valence-corrected chi connectivity index (χ2v) is 8.61. The normalized spacial score (nSPS) is 16.1. The molecule has 0 bridgehead atoms. The molecule has 1 saturated heterocycles. The van der Waals surface area contributed by atoms with Crippen LogP contribution in [0.2, 0.25) is 5.02 Å². The third-order valence-electron chi connectivity index (χ3n) is 4.36. The molecule has 2 N–H and O–H groups in total. The molecule has 0 spiro atoms. The number of hydrogen-bond donors (Lipinski definition) is 2. The minimum absolute atomic E-state index is 0.0151. The molecule has 1 fully saturated rings. The van der Waals surface area contributed by atoms with Gasteiger partial charge in [0.1, 0.15) is 5.69 Å². The SMILES string of the molecule is CC(C)(C)NC(=O)CN1CCCN(CC(=O)Nc2ccc(Cl)cc2[N+](=O)[O-])CC1. The first kappa shape index (κ1) is 23.1. The Bertz CT molecular complexity index is 765. The van der Waals surface area contributed by atoms with Crippen molar-refractivity contribution in [3.8, 4) is 0 Å². The summed E-state index contributed by atoms with van der Waals surface area (Å²) in [4.78, 5) is 39.1. The Morgan fingerprint density at radius 2 is 1.69 bits per heavy atom. The Balaban J connectivity index is 1.86. The summed E-state index contributed by atoms with van der Waals surface area (Å²) in [6, 6.07) is 4.14. The number of benzene rings is 1. The van der Waals surface area contributed by atoms with Crippen LogP contribution in [-0.4, -0.2) is 71.3 Å². The van der Waals surface area contributed by atoms with Crippen LogP contribution in [0.4, 0.5) is 11.4 Å². The van der Waals surface area contributed by atoms with Gasteiger partial charge in [-0.2, -0.15) is 0 Å². The van der Waals surface area contributed by atoms with Gasteiger partial charge in [0.25, 0.3) is 5.69 Å². The fourth-order valence-corrected chi connectivity index (χ4v) is 3.32. The molecule has 1 heterocycles. The third-order valence-corrected chi connectivity index (χ3v) is 4.60. The number of carbonyl (C=O) groups is 2. The molecule has 0 radical (unpaired) electrons. The molecule has 0 unspecified atom stereocenters. The summed E-state index contributed by atoms with van der Waals surface area (Å²) >= 11 is 5.80. The number of nitrogens with one attached hydrogen (secondary N) is 2. The van der Waals surface area contributed by atoms with Gasteiger partial charge in [0.2, 0.25) is 11.8 Å². The zero-order valence-corrected chi connectivity index (χ0v) is 17.8. The first-order valence-corrected chi connectivity index (χ1v) is 9.91. The highest BCUT2D eigenvalue weighted by molar-refractivity contribution is 6.31. The summed E-state index contributed by atoms with van der Waals surface area (Å²) in [5, 5.41) is 16.9. The van der Waals surface area contributed by atoms with Gasteiger partial charge in [-0.1, -0.05) is 11.6 Å². The van der Waals surface area contributed by atoms with Crippen molar-refractivity contribution in [1.29, 1.82) is 0 Å². The summed E-state index contributed by atoms with van der Waals surface area (Å²) in [7, 11) is 0. The topological polar surface area (TPSA) is 108 Å². The van der Waals surface area contributed by atoms with Crippen molar-refractivity contribution in [2.24, 2.45) is 0 Å². The lowest BCUT2D eigenvalue weighted by Crippen LogP contribution is -2.46. The monoisotopic (exact) mass is 425 g/mol. The molecule has 29 heavy (non-hydrogen) atoms. The lowest BCUT2D eigenvalue weighted by molar-refractivity contribution is -0.383. The summed E-state index contributed by atoms with van der Waals surface area (Å²) in [6.45, 7) is 9.09. The van der Waals surface area contributed by atoms with E-state index in [0.29, 0.717) is 26.2 Å². The summed E-state index contributed by atoms with van der Waals surface area (Å²) in [5.41, 5.74) is -0.380. The zero-order valence-electron chi connectivity index (χ0n) is 17.0. The highest BCUT2D eigenvalue weighted by Gasteiger charge is 2.22. The van der Waals surface area contributed by atoms with E-state index in [4.69, 9.17) is 11.6 Å². The van der Waals surface area contributed by atoms with Gasteiger partial charge >= 0.3 is 0 Å². The molecule has 0 aromatic heterocycles. The largest absolute Gasteiger partial charge is 0.350 e. The van der Waals surface area contributed by atoms with Crippen molar-refractivity contribution in [2.45, 2.75) is 32.7 Å². The molecule has 1 aliphatic rings. The van der Waals surface area contributed by atoms with Gasteiger partial charge in [-0.05, 0) is 52.4 Å². The van der Waals surface area contributed by atoms with E-state index in [9.17, 15) is 19.7 Å². The summed E-state index contributed by atoms with van der Waals surface area (Å²) < 4.78 is 0. The molecule has 0 saturated carbocycles. The zero-order chi connectivity index (χ0) is 21.6. The summed E-state index contributed by atoms with van der Waals surface area (Å²) in [6.07, 6.45) is 0.831. The van der Waals surface area contributed by atoms with Crippen LogP contribution in [0, 0.1) is 10.1 Å². The van der Waals surface area contributed by atoms with E-state index in [1.54, 1.807) is 0 Å². The van der Waals surface area contributed by atoms with Gasteiger partial charge in [0.05, 0.1) is 18.0 Å². The number of nitro groups is 1. The van der Waals surface area contributed by atoms with Crippen molar-refractivity contribution in [2.75, 3.05) is 44.6 Å². The Morgan fingerprint density at radius 3 is 2.24 bits per heavy atom. The van der Waals surface area contributed by atoms with Crippen molar-refractivity contribution < 1.29 is 14.5 Å². The van der Waals surface area contributed by atoms with Gasteiger partial charge in [0.15, 0.2) is 0 Å². The van der Waals surface area contributed by atoms with Gasteiger partial charge in [0, 0.05) is 29.7 Å². The Hall–Kier alpha value is -2.23. The standard InChI is InChI=1S/C19H28ClN5O4/c1-19(2,3)22-18(27)13-24-8-4-7-23(9-10-24)12-17(26)21-15-6-5-14(20)11-16(15)25(28)29/h5-6,11H,4,7-10,12-13H2,1-3H3,(H,21,26)(H,22,27). The molecule has 0 atom stereocenters. The van der Waals surface area contributed by atoms with E-state index < -0.39 is 4.92 Å². The number of carbonyl (C=O) groups excluding carboxylic acids is 2. The fourth-order valence-electron chi connectivity index (χ4n) is 3.16. The average molecular weight is 426 g/mol. The molecule has 1 aromatic rings. The second-order valence-electron chi connectivity index (χ2n) is 8.17. The minimum atomic E-state index is -0.575. The van der Waals surface area contributed by atoms with Crippen molar-refractivity contribution in [3.05, 3.63) is 33.3 Å². The smallest absolute Gasteiger partial charge is 0.294 e. The van der Waals surface area contributed by atoms with Crippen LogP contribution in [0.5, 0.6) is 0 Å². The van der Waals surface area contributed by atoms with Crippen LogP contribution in [0.3, 0.4) is 0 Å². The Labute approximate surface area is 175 Å². The number of nitrogens with zero attached hydrogens (tertiary/aromatic N) is 3. The van der Waals surface area contributed by atoms with Crippen LogP contribution in [0.1, 0.15) is 27.2 Å². The first-order valence-electron chi connectivity index (χ1n) is 9.53. The van der Waals surface area contributed by atoms with E-state index in [0.717, 1.165) is 13.0 Å². The van der Waals surface area contributed by atoms with Gasteiger partial charge in [-0.15, -0.1) is 0 Å². The molecule has 10 heteroatoms. The average Bonchev–Trinajstić information content (AvgIpc) is 2.79. The lowest BCUT2D eigenvalue weighted by Gasteiger charge is -2.25. The van der Waals surface area contributed by atoms with Crippen molar-refractivity contribution in [1.82, 2.24) is 15.1 Å². The number of amides is 2. The highest BCUT2D eigenvalue weighted by Crippen LogP contribution is 2.27. The third kappa shape index (κ3) is 7.96. The number of anilines is 1. The van der Waals surface area contributed by atoms with Gasteiger partial charge in [-0.3, -0.25) is 29.5 Å². The minimum Gasteiger partial charge on any atom is -0.350 e. The Kier molecular flexibility index (Phi) is 7.95. The maximum atomic E-state index is 12.4. The quantitative estimate of drug-likeness (QED) is 0.533. The van der Waals surface area contributed by atoms with E-state index in [1.807, 2.05) is 25.7 Å². The molecular formula is C19H28ClN5O4. The molecule has 2 rings (SSSR count).